The average Bonchev–Trinajstić information content (AvgIpc) is 2.76. The topological polar surface area (TPSA) is 20.3 Å². The molecule has 6 heteroatoms. The van der Waals surface area contributed by atoms with E-state index in [2.05, 4.69) is 15.9 Å². The summed E-state index contributed by atoms with van der Waals surface area (Å²) in [6.07, 6.45) is 1.84. The molecule has 22 heavy (non-hydrogen) atoms. The van der Waals surface area contributed by atoms with Crippen LogP contribution in [0.4, 0.5) is 5.69 Å². The molecular weight excluding hydrogens is 402 g/mol. The van der Waals surface area contributed by atoms with Crippen LogP contribution in [-0.4, -0.2) is 10.2 Å². The number of hydrogen-bond acceptors (Lipinski definition) is 3. The third-order valence-electron chi connectivity index (χ3n) is 3.05. The molecule has 1 heterocycles. The molecule has 0 radical (unpaired) electrons. The third kappa shape index (κ3) is 3.13. The lowest BCUT2D eigenvalue weighted by molar-refractivity contribution is -0.113. The molecule has 2 aromatic carbocycles. The number of amides is 1. The zero-order chi connectivity index (χ0) is 15.7. The molecule has 1 aliphatic heterocycles. The van der Waals surface area contributed by atoms with E-state index in [0.29, 0.717) is 19.9 Å². The second-order valence-electron chi connectivity index (χ2n) is 4.52. The highest BCUT2D eigenvalue weighted by Gasteiger charge is 2.33. The van der Waals surface area contributed by atoms with Gasteiger partial charge < -0.3 is 0 Å². The molecule has 3 rings (SSSR count). The second kappa shape index (κ2) is 6.54. The molecule has 0 saturated carbocycles. The number of carbonyl (C=O) groups is 1. The highest BCUT2D eigenvalue weighted by Crippen LogP contribution is 2.37. The van der Waals surface area contributed by atoms with Gasteiger partial charge in [0.15, 0.2) is 4.32 Å². The van der Waals surface area contributed by atoms with Crippen molar-refractivity contribution in [3.8, 4) is 0 Å². The molecule has 1 aliphatic rings. The van der Waals surface area contributed by atoms with E-state index in [9.17, 15) is 4.79 Å². The Bertz CT molecular complexity index is 806. The fourth-order valence-corrected chi connectivity index (χ4v) is 3.91. The Hall–Kier alpha value is -1.14. The molecule has 110 valence electrons. The maximum Gasteiger partial charge on any atom is 0.270 e. The first-order chi connectivity index (χ1) is 10.6. The van der Waals surface area contributed by atoms with E-state index in [4.69, 9.17) is 23.8 Å². The van der Waals surface area contributed by atoms with E-state index in [1.165, 1.54) is 16.7 Å². The van der Waals surface area contributed by atoms with Gasteiger partial charge in [-0.2, -0.15) is 0 Å². The van der Waals surface area contributed by atoms with Gasteiger partial charge in [-0.3, -0.25) is 9.69 Å². The molecule has 0 aromatic heterocycles. The van der Waals surface area contributed by atoms with Gasteiger partial charge in [-0.15, -0.1) is 0 Å². The molecule has 1 amide bonds. The molecular formula is C16H9BrClNOS2. The van der Waals surface area contributed by atoms with Gasteiger partial charge in [-0.05, 0) is 35.9 Å². The summed E-state index contributed by atoms with van der Waals surface area (Å²) in [5.74, 6) is -0.131. The van der Waals surface area contributed by atoms with Crippen LogP contribution in [0.5, 0.6) is 0 Å². The van der Waals surface area contributed by atoms with Crippen LogP contribution in [0.25, 0.3) is 6.08 Å². The molecule has 2 aromatic rings. The molecule has 1 saturated heterocycles. The van der Waals surface area contributed by atoms with Crippen LogP contribution in [-0.2, 0) is 4.79 Å². The lowest BCUT2D eigenvalue weighted by atomic mass is 10.2. The number of thiocarbonyl (C=S) groups is 1. The highest BCUT2D eigenvalue weighted by atomic mass is 79.9. The highest BCUT2D eigenvalue weighted by molar-refractivity contribution is 9.10. The van der Waals surface area contributed by atoms with Crippen molar-refractivity contribution < 1.29 is 4.79 Å². The van der Waals surface area contributed by atoms with Crippen molar-refractivity contribution in [3.05, 3.63) is 68.5 Å². The van der Waals surface area contributed by atoms with Crippen molar-refractivity contribution in [1.29, 1.82) is 0 Å². The van der Waals surface area contributed by atoms with E-state index < -0.39 is 0 Å². The summed E-state index contributed by atoms with van der Waals surface area (Å²) in [6.45, 7) is 0. The minimum absolute atomic E-state index is 0.131. The number of benzene rings is 2. The second-order valence-corrected chi connectivity index (χ2v) is 7.49. The fourth-order valence-electron chi connectivity index (χ4n) is 2.04. The van der Waals surface area contributed by atoms with Crippen LogP contribution in [0.3, 0.4) is 0 Å². The summed E-state index contributed by atoms with van der Waals surface area (Å²) in [4.78, 5) is 14.7. The molecule has 0 aliphatic carbocycles. The Labute approximate surface area is 151 Å². The van der Waals surface area contributed by atoms with Gasteiger partial charge in [0, 0.05) is 9.50 Å². The molecule has 2 nitrogen and oxygen atoms in total. The standard InChI is InChI=1S/C16H9BrClNOS2/c17-13-7-2-1-4-10(13)8-14-15(20)19(16(21)22-14)12-6-3-5-11(18)9-12/h1-9H. The number of halogens is 2. The van der Waals surface area contributed by atoms with Crippen LogP contribution >= 0.6 is 51.5 Å². The minimum Gasteiger partial charge on any atom is -0.268 e. The Morgan fingerprint density at radius 1 is 1.18 bits per heavy atom. The van der Waals surface area contributed by atoms with Crippen molar-refractivity contribution in [1.82, 2.24) is 0 Å². The lowest BCUT2D eigenvalue weighted by Crippen LogP contribution is -2.27. The number of nitrogens with zero attached hydrogens (tertiary/aromatic N) is 1. The van der Waals surface area contributed by atoms with Crippen LogP contribution in [0.1, 0.15) is 5.56 Å². The predicted octanol–water partition coefficient (Wildman–Crippen LogP) is 5.51. The fraction of sp³-hybridized carbons (Fsp3) is 0. The lowest BCUT2D eigenvalue weighted by Gasteiger charge is -2.14. The number of carbonyl (C=O) groups excluding carboxylic acids is 1. The maximum absolute atomic E-state index is 12.6. The number of thioether (sulfide) groups is 1. The minimum atomic E-state index is -0.131. The SMILES string of the molecule is O=C1C(=Cc2ccccc2Br)SC(=S)N1c1cccc(Cl)c1. The van der Waals surface area contributed by atoms with E-state index >= 15 is 0 Å². The summed E-state index contributed by atoms with van der Waals surface area (Å²) >= 11 is 16.1. The summed E-state index contributed by atoms with van der Waals surface area (Å²) in [6, 6.07) is 14.8. The van der Waals surface area contributed by atoms with Crippen LogP contribution < -0.4 is 4.90 Å². The van der Waals surface area contributed by atoms with Crippen molar-refractivity contribution in [3.63, 3.8) is 0 Å². The van der Waals surface area contributed by atoms with Gasteiger partial charge in [0.25, 0.3) is 5.91 Å². The van der Waals surface area contributed by atoms with Crippen LogP contribution in [0.15, 0.2) is 57.9 Å². The normalized spacial score (nSPS) is 16.6. The first kappa shape index (κ1) is 15.7. The van der Waals surface area contributed by atoms with E-state index in [0.717, 1.165) is 10.0 Å². The van der Waals surface area contributed by atoms with Gasteiger partial charge in [0.05, 0.1) is 10.6 Å². The summed E-state index contributed by atoms with van der Waals surface area (Å²) in [7, 11) is 0. The number of anilines is 1. The van der Waals surface area contributed by atoms with Gasteiger partial charge in [0.1, 0.15) is 0 Å². The molecule has 0 atom stereocenters. The van der Waals surface area contributed by atoms with Gasteiger partial charge >= 0.3 is 0 Å². The molecule has 0 bridgehead atoms. The zero-order valence-electron chi connectivity index (χ0n) is 11.1. The monoisotopic (exact) mass is 409 g/mol. The third-order valence-corrected chi connectivity index (χ3v) is 5.31. The van der Waals surface area contributed by atoms with E-state index in [1.807, 2.05) is 36.4 Å². The quantitative estimate of drug-likeness (QED) is 0.481. The van der Waals surface area contributed by atoms with Crippen LogP contribution in [0.2, 0.25) is 5.02 Å². The van der Waals surface area contributed by atoms with Crippen LogP contribution in [0, 0.1) is 0 Å². The zero-order valence-corrected chi connectivity index (χ0v) is 15.1. The summed E-state index contributed by atoms with van der Waals surface area (Å²) in [5, 5.41) is 0.571. The summed E-state index contributed by atoms with van der Waals surface area (Å²) < 4.78 is 1.44. The van der Waals surface area contributed by atoms with Crippen molar-refractivity contribution in [2.45, 2.75) is 0 Å². The van der Waals surface area contributed by atoms with E-state index in [-0.39, 0.29) is 5.91 Å². The Kier molecular flexibility index (Phi) is 4.68. The van der Waals surface area contributed by atoms with E-state index in [1.54, 1.807) is 18.2 Å². The van der Waals surface area contributed by atoms with Gasteiger partial charge in [-0.1, -0.05) is 75.8 Å². The average molecular weight is 411 g/mol. The molecule has 0 N–H and O–H groups in total. The summed E-state index contributed by atoms with van der Waals surface area (Å²) in [5.41, 5.74) is 1.62. The van der Waals surface area contributed by atoms with Crippen molar-refractivity contribution in [2.24, 2.45) is 0 Å². The maximum atomic E-state index is 12.6. The smallest absolute Gasteiger partial charge is 0.268 e. The Balaban J connectivity index is 1.97. The van der Waals surface area contributed by atoms with Crippen molar-refractivity contribution >= 4 is 73.5 Å². The molecule has 0 spiro atoms. The number of hydrogen-bond donors (Lipinski definition) is 0. The predicted molar refractivity (Wildman–Crippen MR) is 101 cm³/mol. The molecule has 1 fully saturated rings. The molecule has 0 unspecified atom stereocenters. The number of rotatable bonds is 2. The first-order valence-corrected chi connectivity index (χ1v) is 8.74. The Morgan fingerprint density at radius 2 is 1.95 bits per heavy atom. The van der Waals surface area contributed by atoms with Crippen molar-refractivity contribution in [2.75, 3.05) is 4.90 Å². The van der Waals surface area contributed by atoms with Gasteiger partial charge in [-0.25, -0.2) is 0 Å². The van der Waals surface area contributed by atoms with Gasteiger partial charge in [0.2, 0.25) is 0 Å². The Morgan fingerprint density at radius 3 is 2.68 bits per heavy atom. The first-order valence-electron chi connectivity index (χ1n) is 6.34. The largest absolute Gasteiger partial charge is 0.270 e.